The lowest BCUT2D eigenvalue weighted by Gasteiger charge is -2.15. The number of hydrogen-bond acceptors (Lipinski definition) is 2. The number of pyridine rings is 1. The summed E-state index contributed by atoms with van der Waals surface area (Å²) in [6.45, 7) is 4.75. The summed E-state index contributed by atoms with van der Waals surface area (Å²) in [5, 5.41) is 2.94. The second-order valence-corrected chi connectivity index (χ2v) is 5.47. The van der Waals surface area contributed by atoms with Crippen molar-refractivity contribution in [2.24, 2.45) is 5.41 Å². The monoisotopic (exact) mass is 268 g/mol. The van der Waals surface area contributed by atoms with Gasteiger partial charge in [-0.3, -0.25) is 9.78 Å². The van der Waals surface area contributed by atoms with Crippen molar-refractivity contribution in [3.63, 3.8) is 0 Å². The van der Waals surface area contributed by atoms with E-state index >= 15 is 0 Å². The molecule has 0 unspecified atom stereocenters. The first-order chi connectivity index (χ1) is 9.57. The van der Waals surface area contributed by atoms with Gasteiger partial charge in [-0.25, -0.2) is 0 Å². The summed E-state index contributed by atoms with van der Waals surface area (Å²) < 4.78 is 0. The summed E-state index contributed by atoms with van der Waals surface area (Å²) in [6, 6.07) is 5.80. The zero-order chi connectivity index (χ0) is 14.4. The van der Waals surface area contributed by atoms with E-state index in [0.717, 1.165) is 12.1 Å². The Hall–Kier alpha value is -2.16. The van der Waals surface area contributed by atoms with Gasteiger partial charge in [-0.1, -0.05) is 44.2 Å². The molecule has 0 saturated heterocycles. The lowest BCUT2D eigenvalue weighted by molar-refractivity contribution is -0.117. The Kier molecular flexibility index (Phi) is 4.51. The van der Waals surface area contributed by atoms with E-state index in [1.54, 1.807) is 6.20 Å². The van der Waals surface area contributed by atoms with Crippen LogP contribution in [-0.4, -0.2) is 17.4 Å². The molecule has 0 aromatic carbocycles. The molecule has 1 aromatic rings. The summed E-state index contributed by atoms with van der Waals surface area (Å²) in [6.07, 6.45) is 12.3. The molecule has 20 heavy (non-hydrogen) atoms. The van der Waals surface area contributed by atoms with Crippen molar-refractivity contribution in [2.45, 2.75) is 20.3 Å². The molecule has 0 bridgehead atoms. The molecule has 3 nitrogen and oxygen atoms in total. The number of hydrogen-bond donors (Lipinski definition) is 1. The van der Waals surface area contributed by atoms with Crippen LogP contribution in [0.3, 0.4) is 0 Å². The second kappa shape index (κ2) is 6.33. The van der Waals surface area contributed by atoms with Crippen LogP contribution in [-0.2, 0) is 11.2 Å². The molecule has 1 aromatic heterocycles. The third-order valence-corrected chi connectivity index (χ3v) is 3.10. The Morgan fingerprint density at radius 3 is 2.90 bits per heavy atom. The van der Waals surface area contributed by atoms with Crippen LogP contribution in [0.2, 0.25) is 0 Å². The predicted octanol–water partition coefficient (Wildman–Crippen LogP) is 2.82. The van der Waals surface area contributed by atoms with Gasteiger partial charge in [-0.2, -0.15) is 0 Å². The van der Waals surface area contributed by atoms with E-state index in [-0.39, 0.29) is 11.3 Å². The topological polar surface area (TPSA) is 42.0 Å². The largest absolute Gasteiger partial charge is 0.352 e. The normalized spacial score (nSPS) is 16.4. The molecule has 1 amide bonds. The summed E-state index contributed by atoms with van der Waals surface area (Å²) in [7, 11) is 0. The Morgan fingerprint density at radius 1 is 1.30 bits per heavy atom. The molecule has 0 fully saturated rings. The molecule has 0 aliphatic heterocycles. The van der Waals surface area contributed by atoms with Gasteiger partial charge in [0, 0.05) is 35.8 Å². The van der Waals surface area contributed by atoms with E-state index < -0.39 is 0 Å². The van der Waals surface area contributed by atoms with E-state index in [0.29, 0.717) is 12.1 Å². The van der Waals surface area contributed by atoms with Crippen LogP contribution in [0, 0.1) is 5.41 Å². The van der Waals surface area contributed by atoms with Crippen molar-refractivity contribution in [1.29, 1.82) is 0 Å². The maximum Gasteiger partial charge on any atom is 0.250 e. The average Bonchev–Trinajstić information content (AvgIpc) is 2.61. The highest BCUT2D eigenvalue weighted by Gasteiger charge is 2.16. The lowest BCUT2D eigenvalue weighted by atomic mass is 9.91. The first-order valence-electron chi connectivity index (χ1n) is 6.84. The van der Waals surface area contributed by atoms with Crippen molar-refractivity contribution >= 4 is 5.91 Å². The molecular weight excluding hydrogens is 248 g/mol. The number of carbonyl (C=O) groups excluding carboxylic acids is 1. The Balaban J connectivity index is 1.91. The minimum absolute atomic E-state index is 0.0334. The number of allylic oxidation sites excluding steroid dienone is 4. The Bertz CT molecular complexity index is 554. The van der Waals surface area contributed by atoms with Gasteiger partial charge in [0.15, 0.2) is 0 Å². The van der Waals surface area contributed by atoms with Crippen LogP contribution < -0.4 is 5.32 Å². The second-order valence-electron chi connectivity index (χ2n) is 5.47. The fourth-order valence-electron chi connectivity index (χ4n) is 2.05. The maximum absolute atomic E-state index is 12.2. The van der Waals surface area contributed by atoms with E-state index in [4.69, 9.17) is 0 Å². The molecule has 3 heteroatoms. The molecule has 1 aliphatic carbocycles. The highest BCUT2D eigenvalue weighted by Crippen LogP contribution is 2.23. The van der Waals surface area contributed by atoms with Gasteiger partial charge >= 0.3 is 0 Å². The molecule has 104 valence electrons. The summed E-state index contributed by atoms with van der Waals surface area (Å²) in [5.41, 5.74) is 1.60. The van der Waals surface area contributed by atoms with Crippen LogP contribution in [0.1, 0.15) is 19.5 Å². The van der Waals surface area contributed by atoms with Gasteiger partial charge in [0.1, 0.15) is 0 Å². The number of nitrogens with zero attached hydrogens (tertiary/aromatic N) is 1. The van der Waals surface area contributed by atoms with Gasteiger partial charge in [-0.05, 0) is 18.2 Å². The summed E-state index contributed by atoms with van der Waals surface area (Å²) in [4.78, 5) is 16.4. The predicted molar refractivity (Wildman–Crippen MR) is 81.1 cm³/mol. The van der Waals surface area contributed by atoms with Gasteiger partial charge in [0.05, 0.1) is 0 Å². The maximum atomic E-state index is 12.2. The SMILES string of the molecule is CC1(C)C=CC=CC(C(=O)NCCc2ccccn2)=C1. The summed E-state index contributed by atoms with van der Waals surface area (Å²) in [5.74, 6) is -0.0334. The van der Waals surface area contributed by atoms with Crippen molar-refractivity contribution in [3.05, 3.63) is 66.0 Å². The molecule has 0 radical (unpaired) electrons. The van der Waals surface area contributed by atoms with Gasteiger partial charge in [0.2, 0.25) is 0 Å². The smallest absolute Gasteiger partial charge is 0.250 e. The minimum atomic E-state index is -0.100. The number of aromatic nitrogens is 1. The minimum Gasteiger partial charge on any atom is -0.352 e. The molecule has 0 spiro atoms. The van der Waals surface area contributed by atoms with Crippen LogP contribution in [0.5, 0.6) is 0 Å². The number of nitrogens with one attached hydrogen (secondary N) is 1. The van der Waals surface area contributed by atoms with Crippen molar-refractivity contribution < 1.29 is 4.79 Å². The molecule has 1 heterocycles. The van der Waals surface area contributed by atoms with E-state index in [1.165, 1.54) is 0 Å². The Morgan fingerprint density at radius 2 is 2.15 bits per heavy atom. The third-order valence-electron chi connectivity index (χ3n) is 3.10. The zero-order valence-corrected chi connectivity index (χ0v) is 12.0. The molecule has 1 N–H and O–H groups in total. The average molecular weight is 268 g/mol. The van der Waals surface area contributed by atoms with E-state index in [9.17, 15) is 4.79 Å². The van der Waals surface area contributed by atoms with Gasteiger partial charge in [0.25, 0.3) is 5.91 Å². The molecule has 0 saturated carbocycles. The fourth-order valence-corrected chi connectivity index (χ4v) is 2.05. The Labute approximate surface area is 120 Å². The number of carbonyl (C=O) groups is 1. The quantitative estimate of drug-likeness (QED) is 0.912. The van der Waals surface area contributed by atoms with Crippen molar-refractivity contribution in [2.75, 3.05) is 6.54 Å². The third kappa shape index (κ3) is 4.19. The van der Waals surface area contributed by atoms with Crippen molar-refractivity contribution in [3.8, 4) is 0 Å². The fraction of sp³-hybridized carbons (Fsp3) is 0.294. The first kappa shape index (κ1) is 14.3. The summed E-state index contributed by atoms with van der Waals surface area (Å²) >= 11 is 0. The van der Waals surface area contributed by atoms with Crippen LogP contribution in [0.4, 0.5) is 0 Å². The molecular formula is C17H20N2O. The molecule has 1 aliphatic rings. The number of amides is 1. The standard InChI is InChI=1S/C17H20N2O/c1-17(2)10-5-3-7-14(13-17)16(20)19-12-9-15-8-4-6-11-18-15/h3-8,10-11,13H,9,12H2,1-2H3,(H,19,20). The van der Waals surface area contributed by atoms with Gasteiger partial charge < -0.3 is 5.32 Å². The van der Waals surface area contributed by atoms with Crippen LogP contribution in [0.15, 0.2) is 60.3 Å². The van der Waals surface area contributed by atoms with Crippen molar-refractivity contribution in [1.82, 2.24) is 10.3 Å². The van der Waals surface area contributed by atoms with E-state index in [1.807, 2.05) is 42.5 Å². The zero-order valence-electron chi connectivity index (χ0n) is 12.0. The molecule has 2 rings (SSSR count). The van der Waals surface area contributed by atoms with Gasteiger partial charge in [-0.15, -0.1) is 0 Å². The number of rotatable bonds is 4. The molecule has 0 atom stereocenters. The highest BCUT2D eigenvalue weighted by molar-refractivity contribution is 5.96. The van der Waals surface area contributed by atoms with Crippen LogP contribution in [0.25, 0.3) is 0 Å². The lowest BCUT2D eigenvalue weighted by Crippen LogP contribution is -2.27. The highest BCUT2D eigenvalue weighted by atomic mass is 16.1. The van der Waals surface area contributed by atoms with Crippen LogP contribution >= 0.6 is 0 Å². The first-order valence-corrected chi connectivity index (χ1v) is 6.84. The van der Waals surface area contributed by atoms with E-state index in [2.05, 4.69) is 30.2 Å².